The van der Waals surface area contributed by atoms with Gasteiger partial charge in [-0.25, -0.2) is 4.98 Å². The van der Waals surface area contributed by atoms with Crippen molar-refractivity contribution < 1.29 is 0 Å². The second-order valence-electron chi connectivity index (χ2n) is 5.01. The maximum absolute atomic E-state index is 9.63. The fourth-order valence-electron chi connectivity index (χ4n) is 2.93. The van der Waals surface area contributed by atoms with E-state index in [2.05, 4.69) is 40.1 Å². The highest BCUT2D eigenvalue weighted by molar-refractivity contribution is 6.29. The Morgan fingerprint density at radius 2 is 2.06 bits per heavy atom. The zero-order valence-corrected chi connectivity index (χ0v) is 10.8. The van der Waals surface area contributed by atoms with E-state index < -0.39 is 5.41 Å². The highest BCUT2D eigenvalue weighted by Crippen LogP contribution is 2.42. The molecule has 18 heavy (non-hydrogen) atoms. The average molecular weight is 261 g/mol. The standard InChI is InChI=1S/C13H13ClN4/c1-18-9-2-3-10(18)5-13(4-9,8-15)11-6-16-7-12(14)17-11/h2-3,6-7,9-10H,4-5H2,1H3. The van der Waals surface area contributed by atoms with Crippen molar-refractivity contribution in [2.45, 2.75) is 30.3 Å². The van der Waals surface area contributed by atoms with Crippen molar-refractivity contribution in [3.63, 3.8) is 0 Å². The van der Waals surface area contributed by atoms with Crippen molar-refractivity contribution in [1.29, 1.82) is 5.26 Å². The summed E-state index contributed by atoms with van der Waals surface area (Å²) in [6.45, 7) is 0. The van der Waals surface area contributed by atoms with E-state index in [1.807, 2.05) is 0 Å². The lowest BCUT2D eigenvalue weighted by Gasteiger charge is -2.40. The lowest BCUT2D eigenvalue weighted by atomic mass is 9.73. The van der Waals surface area contributed by atoms with Gasteiger partial charge in [0.1, 0.15) is 10.6 Å². The molecule has 0 aliphatic carbocycles. The first kappa shape index (κ1) is 11.6. The van der Waals surface area contributed by atoms with Gasteiger partial charge in [-0.2, -0.15) is 5.26 Å². The first-order chi connectivity index (χ1) is 8.64. The summed E-state index contributed by atoms with van der Waals surface area (Å²) in [5.41, 5.74) is 0.132. The van der Waals surface area contributed by atoms with Crippen LogP contribution in [-0.4, -0.2) is 34.0 Å². The predicted molar refractivity (Wildman–Crippen MR) is 68.0 cm³/mol. The molecule has 2 aliphatic rings. The molecule has 2 aliphatic heterocycles. The summed E-state index contributed by atoms with van der Waals surface area (Å²) in [4.78, 5) is 10.7. The van der Waals surface area contributed by atoms with Gasteiger partial charge in [0.05, 0.1) is 24.2 Å². The SMILES string of the molecule is CN1C2C=CC1CC(C#N)(c1cncc(Cl)n1)C2. The number of halogens is 1. The molecule has 0 spiro atoms. The van der Waals surface area contributed by atoms with Gasteiger partial charge in [-0.05, 0) is 19.9 Å². The number of hydrogen-bond acceptors (Lipinski definition) is 4. The Morgan fingerprint density at radius 3 is 2.61 bits per heavy atom. The Morgan fingerprint density at radius 1 is 1.39 bits per heavy atom. The van der Waals surface area contributed by atoms with Crippen LogP contribution in [0.1, 0.15) is 18.5 Å². The first-order valence-electron chi connectivity index (χ1n) is 5.94. The zero-order chi connectivity index (χ0) is 12.8. The number of piperidine rings is 1. The quantitative estimate of drug-likeness (QED) is 0.724. The summed E-state index contributed by atoms with van der Waals surface area (Å²) in [6.07, 6.45) is 9.03. The number of nitriles is 1. The molecule has 3 heterocycles. The van der Waals surface area contributed by atoms with Crippen molar-refractivity contribution >= 4 is 11.6 Å². The molecule has 1 fully saturated rings. The Labute approximate surface area is 111 Å². The highest BCUT2D eigenvalue weighted by atomic mass is 35.5. The van der Waals surface area contributed by atoms with Gasteiger partial charge in [0.25, 0.3) is 0 Å². The third kappa shape index (κ3) is 1.63. The van der Waals surface area contributed by atoms with Crippen molar-refractivity contribution in [2.24, 2.45) is 0 Å². The maximum Gasteiger partial charge on any atom is 0.147 e. The molecule has 0 amide bonds. The lowest BCUT2D eigenvalue weighted by Crippen LogP contribution is -2.48. The van der Waals surface area contributed by atoms with Gasteiger partial charge in [-0.15, -0.1) is 0 Å². The van der Waals surface area contributed by atoms with Gasteiger partial charge in [-0.3, -0.25) is 9.88 Å². The smallest absolute Gasteiger partial charge is 0.147 e. The number of fused-ring (bicyclic) bond motifs is 2. The fraction of sp³-hybridized carbons (Fsp3) is 0.462. The largest absolute Gasteiger partial charge is 0.293 e. The van der Waals surface area contributed by atoms with Crippen molar-refractivity contribution in [3.8, 4) is 6.07 Å². The molecule has 1 aromatic heterocycles. The van der Waals surface area contributed by atoms with Gasteiger partial charge in [0, 0.05) is 12.1 Å². The number of hydrogen-bond donors (Lipinski definition) is 0. The number of likely N-dealkylation sites (N-methyl/N-ethyl adjacent to an activating group) is 1. The molecule has 2 atom stereocenters. The van der Waals surface area contributed by atoms with E-state index in [-0.39, 0.29) is 0 Å². The predicted octanol–water partition coefficient (Wildman–Crippen LogP) is 1.92. The molecule has 0 radical (unpaired) electrons. The molecule has 2 bridgehead atoms. The van der Waals surface area contributed by atoms with E-state index in [0.717, 1.165) is 12.8 Å². The molecule has 1 aromatic rings. The van der Waals surface area contributed by atoms with E-state index in [1.165, 1.54) is 6.20 Å². The molecule has 0 saturated carbocycles. The summed E-state index contributed by atoms with van der Waals surface area (Å²) >= 11 is 5.89. The summed E-state index contributed by atoms with van der Waals surface area (Å²) in [6, 6.07) is 3.07. The third-order valence-corrected chi connectivity index (χ3v) is 4.21. The van der Waals surface area contributed by atoms with Crippen LogP contribution in [-0.2, 0) is 5.41 Å². The molecule has 1 saturated heterocycles. The van der Waals surface area contributed by atoms with Crippen LogP contribution in [0.2, 0.25) is 5.15 Å². The van der Waals surface area contributed by atoms with Gasteiger partial charge < -0.3 is 0 Å². The van der Waals surface area contributed by atoms with Crippen LogP contribution in [0.5, 0.6) is 0 Å². The zero-order valence-electron chi connectivity index (χ0n) is 10.0. The molecule has 2 unspecified atom stereocenters. The van der Waals surface area contributed by atoms with Crippen molar-refractivity contribution in [3.05, 3.63) is 35.4 Å². The van der Waals surface area contributed by atoms with Gasteiger partial charge in [0.2, 0.25) is 0 Å². The summed E-state index contributed by atoms with van der Waals surface area (Å²) in [5.74, 6) is 0. The fourth-order valence-corrected chi connectivity index (χ4v) is 3.07. The van der Waals surface area contributed by atoms with E-state index in [0.29, 0.717) is 22.9 Å². The minimum atomic E-state index is -0.566. The van der Waals surface area contributed by atoms with Crippen LogP contribution < -0.4 is 0 Å². The summed E-state index contributed by atoms with van der Waals surface area (Å²) < 4.78 is 0. The summed E-state index contributed by atoms with van der Waals surface area (Å²) in [7, 11) is 2.10. The average Bonchev–Trinajstić information content (AvgIpc) is 2.62. The van der Waals surface area contributed by atoms with Crippen LogP contribution in [0.25, 0.3) is 0 Å². The van der Waals surface area contributed by atoms with Gasteiger partial charge >= 0.3 is 0 Å². The van der Waals surface area contributed by atoms with Crippen molar-refractivity contribution in [2.75, 3.05) is 7.05 Å². The first-order valence-corrected chi connectivity index (χ1v) is 6.32. The number of aromatic nitrogens is 2. The van der Waals surface area contributed by atoms with Crippen LogP contribution in [0.4, 0.5) is 0 Å². The minimum absolute atomic E-state index is 0.309. The van der Waals surface area contributed by atoms with Crippen molar-refractivity contribution in [1.82, 2.24) is 14.9 Å². The van der Waals surface area contributed by atoms with Gasteiger partial charge in [-0.1, -0.05) is 23.8 Å². The Bertz CT molecular complexity index is 532. The second kappa shape index (κ2) is 4.04. The van der Waals surface area contributed by atoms with Crippen LogP contribution in [0, 0.1) is 11.3 Å². The Kier molecular flexibility index (Phi) is 2.61. The Hall–Kier alpha value is -1.44. The maximum atomic E-state index is 9.63. The number of rotatable bonds is 1. The van der Waals surface area contributed by atoms with Crippen LogP contribution in [0.3, 0.4) is 0 Å². The molecule has 0 aromatic carbocycles. The monoisotopic (exact) mass is 260 g/mol. The van der Waals surface area contributed by atoms with E-state index >= 15 is 0 Å². The van der Waals surface area contributed by atoms with E-state index in [9.17, 15) is 5.26 Å². The number of nitrogens with zero attached hydrogens (tertiary/aromatic N) is 4. The third-order valence-electron chi connectivity index (χ3n) is 4.03. The molecule has 0 N–H and O–H groups in total. The topological polar surface area (TPSA) is 52.8 Å². The minimum Gasteiger partial charge on any atom is -0.293 e. The highest BCUT2D eigenvalue weighted by Gasteiger charge is 2.47. The van der Waals surface area contributed by atoms with E-state index in [4.69, 9.17) is 11.6 Å². The van der Waals surface area contributed by atoms with Crippen LogP contribution in [0.15, 0.2) is 24.5 Å². The molecule has 4 nitrogen and oxygen atoms in total. The second-order valence-corrected chi connectivity index (χ2v) is 5.40. The van der Waals surface area contributed by atoms with Gasteiger partial charge in [0.15, 0.2) is 0 Å². The molecule has 5 heteroatoms. The lowest BCUT2D eigenvalue weighted by molar-refractivity contribution is 0.148. The normalized spacial score (nSPS) is 34.5. The molecule has 3 rings (SSSR count). The molecular formula is C13H13ClN4. The Balaban J connectivity index is 2.01. The molecular weight excluding hydrogens is 248 g/mol. The molecule has 92 valence electrons. The van der Waals surface area contributed by atoms with Crippen LogP contribution >= 0.6 is 11.6 Å². The van der Waals surface area contributed by atoms with E-state index in [1.54, 1.807) is 6.20 Å². The summed E-state index contributed by atoms with van der Waals surface area (Å²) in [5, 5.41) is 9.98.